The molecule has 256 valence electrons. The van der Waals surface area contributed by atoms with Gasteiger partial charge in [-0.15, -0.1) is 20.4 Å². The molecule has 0 saturated heterocycles. The van der Waals surface area contributed by atoms with E-state index in [4.69, 9.17) is 13.8 Å². The summed E-state index contributed by atoms with van der Waals surface area (Å²) in [5, 5.41) is 25.3. The molecule has 13 heteroatoms. The summed E-state index contributed by atoms with van der Waals surface area (Å²) in [6.07, 6.45) is 4.62. The van der Waals surface area contributed by atoms with Crippen LogP contribution >= 0.6 is 0 Å². The number of fused-ring (bicyclic) bond motifs is 3. The number of anilines is 2. The van der Waals surface area contributed by atoms with Gasteiger partial charge in [-0.05, 0) is 84.8 Å². The molecule has 12 nitrogen and oxygen atoms in total. The zero-order valence-electron chi connectivity index (χ0n) is 28.3. The number of rotatable bonds is 11. The maximum Gasteiger partial charge on any atom is 0.247 e. The van der Waals surface area contributed by atoms with Crippen LogP contribution < -0.4 is 15.4 Å². The van der Waals surface area contributed by atoms with E-state index in [0.717, 1.165) is 57.6 Å². The Kier molecular flexibility index (Phi) is 8.11. The van der Waals surface area contributed by atoms with Gasteiger partial charge in [-0.3, -0.25) is 4.98 Å². The standard InChI is InChI=1S/C37H38N8O4S/c1-20(2)18-39-50(46,47)34-16-29-32(40-26-9-5-7-24(13-26)36-44-42-21(3)48-36)17-33(35(29)30-19-38-31(15-28(30)34)23-11-12-23)41-27-10-6-8-25(14-27)37-45-43-22(4)49-37/h5-10,13-16,19-20,23,32-33,39-41H,11-12,17-18H2,1-4H3/t32-,33-/m1/s1. The van der Waals surface area contributed by atoms with Gasteiger partial charge < -0.3 is 19.5 Å². The lowest BCUT2D eigenvalue weighted by Gasteiger charge is -2.20. The molecule has 0 bridgehead atoms. The van der Waals surface area contributed by atoms with E-state index in [0.29, 0.717) is 47.8 Å². The van der Waals surface area contributed by atoms with Crippen LogP contribution in [0.25, 0.3) is 33.7 Å². The lowest BCUT2D eigenvalue weighted by atomic mass is 9.98. The molecule has 0 amide bonds. The average Bonchev–Trinajstić information content (AvgIpc) is 3.57. The molecule has 0 radical (unpaired) electrons. The maximum absolute atomic E-state index is 14.1. The van der Waals surface area contributed by atoms with Crippen LogP contribution in [0, 0.1) is 19.8 Å². The summed E-state index contributed by atoms with van der Waals surface area (Å²) < 4.78 is 42.4. The fourth-order valence-corrected chi connectivity index (χ4v) is 8.11. The summed E-state index contributed by atoms with van der Waals surface area (Å²) >= 11 is 0. The molecule has 6 aromatic rings. The third kappa shape index (κ3) is 6.34. The van der Waals surface area contributed by atoms with E-state index in [1.54, 1.807) is 13.8 Å². The number of hydrogen-bond acceptors (Lipinski definition) is 11. The quantitative estimate of drug-likeness (QED) is 0.124. The fourth-order valence-electron chi connectivity index (χ4n) is 6.66. The van der Waals surface area contributed by atoms with Crippen LogP contribution in [0.3, 0.4) is 0 Å². The molecule has 3 aromatic heterocycles. The summed E-state index contributed by atoms with van der Waals surface area (Å²) in [4.78, 5) is 5.15. The molecule has 3 aromatic carbocycles. The lowest BCUT2D eigenvalue weighted by Crippen LogP contribution is -2.28. The van der Waals surface area contributed by atoms with E-state index in [2.05, 4.69) is 35.8 Å². The molecule has 1 fully saturated rings. The minimum absolute atomic E-state index is 0.152. The highest BCUT2D eigenvalue weighted by molar-refractivity contribution is 7.89. The van der Waals surface area contributed by atoms with Crippen LogP contribution in [0.2, 0.25) is 0 Å². The Labute approximate surface area is 290 Å². The van der Waals surface area contributed by atoms with Crippen LogP contribution in [0.5, 0.6) is 0 Å². The summed E-state index contributed by atoms with van der Waals surface area (Å²) in [7, 11) is -3.85. The summed E-state index contributed by atoms with van der Waals surface area (Å²) in [6, 6.07) is 19.1. The number of nitrogens with one attached hydrogen (secondary N) is 3. The second-order valence-electron chi connectivity index (χ2n) is 13.6. The molecule has 0 unspecified atom stereocenters. The van der Waals surface area contributed by atoms with Crippen molar-refractivity contribution in [2.45, 2.75) is 69.9 Å². The molecule has 2 atom stereocenters. The van der Waals surface area contributed by atoms with Crippen molar-refractivity contribution >= 4 is 32.2 Å². The zero-order valence-corrected chi connectivity index (χ0v) is 29.1. The van der Waals surface area contributed by atoms with Gasteiger partial charge in [-0.1, -0.05) is 26.0 Å². The first kappa shape index (κ1) is 32.1. The van der Waals surface area contributed by atoms with Gasteiger partial charge in [0.1, 0.15) is 0 Å². The molecule has 2 aliphatic rings. The Morgan fingerprint density at radius 1 is 0.800 bits per heavy atom. The van der Waals surface area contributed by atoms with Crippen molar-refractivity contribution < 1.29 is 17.3 Å². The zero-order chi connectivity index (χ0) is 34.6. The SMILES string of the molecule is Cc1nnc(-c2cccc(N[C@@H]3C[C@@H](Nc4cccc(-c5nnc(C)o5)c4)c4c3cc(S(=O)(=O)NCC(C)C)c3cc(C5CC5)ncc43)c2)o1. The number of nitrogens with zero attached hydrogens (tertiary/aromatic N) is 5. The number of aromatic nitrogens is 5. The van der Waals surface area contributed by atoms with Crippen LogP contribution in [0.4, 0.5) is 11.4 Å². The van der Waals surface area contributed by atoms with Crippen molar-refractivity contribution in [1.29, 1.82) is 0 Å². The predicted molar refractivity (Wildman–Crippen MR) is 190 cm³/mol. The van der Waals surface area contributed by atoms with E-state index < -0.39 is 10.0 Å². The van der Waals surface area contributed by atoms with E-state index in [9.17, 15) is 8.42 Å². The molecular formula is C37H38N8O4S. The Bertz CT molecular complexity index is 2330. The molecule has 8 rings (SSSR count). The average molecular weight is 691 g/mol. The highest BCUT2D eigenvalue weighted by atomic mass is 32.2. The topological polar surface area (TPSA) is 161 Å². The van der Waals surface area contributed by atoms with E-state index in [1.807, 2.05) is 80.7 Å². The third-order valence-electron chi connectivity index (χ3n) is 9.19. The lowest BCUT2D eigenvalue weighted by molar-refractivity contribution is 0.532. The number of pyridine rings is 1. The second-order valence-corrected chi connectivity index (χ2v) is 15.3. The van der Waals surface area contributed by atoms with Gasteiger partial charge in [-0.25, -0.2) is 13.1 Å². The minimum Gasteiger partial charge on any atom is -0.421 e. The van der Waals surface area contributed by atoms with E-state index in [1.165, 1.54) is 0 Å². The van der Waals surface area contributed by atoms with Crippen LogP contribution in [0.15, 0.2) is 80.6 Å². The molecule has 0 aliphatic heterocycles. The smallest absolute Gasteiger partial charge is 0.247 e. The van der Waals surface area contributed by atoms with Crippen LogP contribution in [-0.4, -0.2) is 40.3 Å². The van der Waals surface area contributed by atoms with Gasteiger partial charge in [0, 0.05) is 71.5 Å². The highest BCUT2D eigenvalue weighted by Crippen LogP contribution is 2.49. The first-order valence-electron chi connectivity index (χ1n) is 16.9. The van der Waals surface area contributed by atoms with Gasteiger partial charge >= 0.3 is 0 Å². The van der Waals surface area contributed by atoms with Crippen molar-refractivity contribution in [2.75, 3.05) is 17.2 Å². The third-order valence-corrected chi connectivity index (χ3v) is 10.7. The number of benzene rings is 3. The van der Waals surface area contributed by atoms with Crippen LogP contribution in [-0.2, 0) is 10.0 Å². The molecule has 2 aliphatic carbocycles. The van der Waals surface area contributed by atoms with Crippen molar-refractivity contribution in [2.24, 2.45) is 5.92 Å². The van der Waals surface area contributed by atoms with Crippen molar-refractivity contribution in [3.8, 4) is 22.9 Å². The van der Waals surface area contributed by atoms with E-state index >= 15 is 0 Å². The Morgan fingerprint density at radius 3 is 1.98 bits per heavy atom. The first-order valence-corrected chi connectivity index (χ1v) is 18.4. The van der Waals surface area contributed by atoms with Gasteiger partial charge in [0.2, 0.25) is 33.6 Å². The fraction of sp³-hybridized carbons (Fsp3) is 0.324. The van der Waals surface area contributed by atoms with Crippen molar-refractivity contribution in [3.63, 3.8) is 0 Å². The summed E-state index contributed by atoms with van der Waals surface area (Å²) in [5.41, 5.74) is 6.14. The molecule has 0 spiro atoms. The number of aryl methyl sites for hydroxylation is 2. The van der Waals surface area contributed by atoms with Gasteiger partial charge in [-0.2, -0.15) is 0 Å². The van der Waals surface area contributed by atoms with E-state index in [-0.39, 0.29) is 22.9 Å². The van der Waals surface area contributed by atoms with Gasteiger partial charge in [0.05, 0.1) is 17.0 Å². The molecule has 3 N–H and O–H groups in total. The second kappa shape index (κ2) is 12.6. The predicted octanol–water partition coefficient (Wildman–Crippen LogP) is 7.47. The molecule has 50 heavy (non-hydrogen) atoms. The molecular weight excluding hydrogens is 653 g/mol. The van der Waals surface area contributed by atoms with Gasteiger partial charge in [0.15, 0.2) is 0 Å². The Hall–Kier alpha value is -5.14. The molecule has 3 heterocycles. The maximum atomic E-state index is 14.1. The van der Waals surface area contributed by atoms with Crippen molar-refractivity contribution in [1.82, 2.24) is 30.1 Å². The molecule has 1 saturated carbocycles. The Morgan fingerprint density at radius 2 is 1.42 bits per heavy atom. The summed E-state index contributed by atoms with van der Waals surface area (Å²) in [6.45, 7) is 7.85. The normalized spacial score (nSPS) is 17.4. The van der Waals surface area contributed by atoms with Gasteiger partial charge in [0.25, 0.3) is 0 Å². The summed E-state index contributed by atoms with van der Waals surface area (Å²) in [5.74, 6) is 2.37. The minimum atomic E-state index is -3.85. The Balaban J connectivity index is 1.24. The van der Waals surface area contributed by atoms with Crippen molar-refractivity contribution in [3.05, 3.63) is 95.5 Å². The highest BCUT2D eigenvalue weighted by Gasteiger charge is 2.36. The monoisotopic (exact) mass is 690 g/mol. The largest absolute Gasteiger partial charge is 0.421 e. The number of sulfonamides is 1. The first-order chi connectivity index (χ1) is 24.1. The number of hydrogen-bond donors (Lipinski definition) is 3. The van der Waals surface area contributed by atoms with Crippen LogP contribution in [0.1, 0.15) is 79.7 Å².